The number of benzene rings is 2. The van der Waals surface area contributed by atoms with Gasteiger partial charge in [0, 0.05) is 54.8 Å². The molecule has 3 N–H and O–H groups in total. The summed E-state index contributed by atoms with van der Waals surface area (Å²) >= 11 is 0. The van der Waals surface area contributed by atoms with E-state index in [1.54, 1.807) is 13.8 Å². The zero-order valence-corrected chi connectivity index (χ0v) is 34.4. The van der Waals surface area contributed by atoms with Gasteiger partial charge in [0.1, 0.15) is 47.6 Å². The van der Waals surface area contributed by atoms with Crippen LogP contribution < -0.4 is 0 Å². The average molecular weight is 838 g/mol. The largest absolute Gasteiger partial charge is 0.507 e. The van der Waals surface area contributed by atoms with E-state index in [1.165, 1.54) is 31.2 Å². The highest BCUT2D eigenvalue weighted by atomic mass is 16.8. The van der Waals surface area contributed by atoms with E-state index in [4.69, 9.17) is 37.9 Å². The molecule has 2 aromatic rings. The van der Waals surface area contributed by atoms with Gasteiger partial charge in [-0.1, -0.05) is 12.1 Å². The summed E-state index contributed by atoms with van der Waals surface area (Å²) in [5.74, 6) is -5.67. The summed E-state index contributed by atoms with van der Waals surface area (Å²) in [6.07, 6.45) is -7.58. The average Bonchev–Trinajstić information content (AvgIpc) is 3.16. The van der Waals surface area contributed by atoms with Gasteiger partial charge >= 0.3 is 5.97 Å². The highest BCUT2D eigenvalue weighted by Gasteiger charge is 2.55. The molecule has 324 valence electrons. The minimum atomic E-state index is -2.12. The lowest BCUT2D eigenvalue weighted by molar-refractivity contribution is -0.371. The SMILES string of the molecule is COC(=O)[C@@H]1c2cc3c(c(O)c2[C@@H](OC2CC(N(C)C)C(OC4CC5OC6CC(=O)C(C)OC6OC5C(C)O4)C(C)O2)C[C@]1(O)CC(C)=O)C(=O)c1c(O)cccc1C3=O. The molecule has 4 heterocycles. The number of aromatic hydroxyl groups is 2. The maximum atomic E-state index is 14.0. The van der Waals surface area contributed by atoms with Crippen molar-refractivity contribution in [3.8, 4) is 11.5 Å². The highest BCUT2D eigenvalue weighted by molar-refractivity contribution is 6.30. The number of Topliss-reactive ketones (excluding diaryl/α,β-unsaturated/α-hetero) is 2. The Morgan fingerprint density at radius 3 is 2.30 bits per heavy atom. The summed E-state index contributed by atoms with van der Waals surface area (Å²) in [6.45, 7) is 6.62. The van der Waals surface area contributed by atoms with E-state index < -0.39 is 132 Å². The lowest BCUT2D eigenvalue weighted by atomic mass is 9.66. The van der Waals surface area contributed by atoms with Crippen molar-refractivity contribution >= 4 is 29.1 Å². The Bertz CT molecular complexity index is 2100. The first-order valence-electron chi connectivity index (χ1n) is 20.3. The molecule has 0 spiro atoms. The fraction of sp³-hybridized carbons (Fsp3) is 0.605. The smallest absolute Gasteiger partial charge is 0.316 e. The Morgan fingerprint density at radius 2 is 1.60 bits per heavy atom. The first kappa shape index (κ1) is 42.5. The number of hydrogen-bond acceptors (Lipinski definition) is 17. The predicted molar refractivity (Wildman–Crippen MR) is 204 cm³/mol. The van der Waals surface area contributed by atoms with E-state index in [9.17, 15) is 39.3 Å². The van der Waals surface area contributed by atoms with E-state index in [0.717, 1.165) is 7.11 Å². The Morgan fingerprint density at radius 1 is 0.883 bits per heavy atom. The van der Waals surface area contributed by atoms with Crippen molar-refractivity contribution in [3.63, 3.8) is 0 Å². The number of aliphatic hydroxyl groups is 1. The van der Waals surface area contributed by atoms with Crippen molar-refractivity contribution in [2.24, 2.45) is 0 Å². The zero-order chi connectivity index (χ0) is 43.1. The molecule has 0 bridgehead atoms. The number of phenolic OH excluding ortho intramolecular Hbond substituents is 2. The zero-order valence-electron chi connectivity index (χ0n) is 34.4. The van der Waals surface area contributed by atoms with Crippen LogP contribution in [0.5, 0.6) is 11.5 Å². The second-order valence-electron chi connectivity index (χ2n) is 17.1. The predicted octanol–water partition coefficient (Wildman–Crippen LogP) is 2.74. The Kier molecular flexibility index (Phi) is 11.3. The van der Waals surface area contributed by atoms with Gasteiger partial charge in [-0.3, -0.25) is 24.0 Å². The molecular weight excluding hydrogens is 786 g/mol. The number of nitrogens with zero attached hydrogens (tertiary/aromatic N) is 1. The van der Waals surface area contributed by atoms with Gasteiger partial charge in [0.15, 0.2) is 30.4 Å². The molecule has 14 atom stereocenters. The maximum Gasteiger partial charge on any atom is 0.316 e. The van der Waals surface area contributed by atoms with E-state index in [2.05, 4.69) is 0 Å². The van der Waals surface area contributed by atoms with E-state index >= 15 is 0 Å². The van der Waals surface area contributed by atoms with Crippen LogP contribution in [0.25, 0.3) is 0 Å². The van der Waals surface area contributed by atoms with Crippen molar-refractivity contribution in [1.29, 1.82) is 0 Å². The maximum absolute atomic E-state index is 14.0. The van der Waals surface area contributed by atoms with Crippen LogP contribution in [0.15, 0.2) is 24.3 Å². The first-order valence-corrected chi connectivity index (χ1v) is 20.3. The van der Waals surface area contributed by atoms with Gasteiger partial charge in [0.2, 0.25) is 5.78 Å². The molecule has 0 saturated carbocycles. The topological polar surface area (TPSA) is 223 Å². The standard InChI is InChI=1S/C43H51NO16/c1-17(45)15-43(52)16-29(33-22(35(43)41(51)53-7)11-23-34(38(33)50)37(49)32-21(36(23)48)9-8-10-25(32)46)58-30-12-24(44(5)6)39(19(3)54-30)59-31-14-27-40(20(4)55-31)60-42-28(57-27)13-26(47)18(2)56-42/h8-11,18-20,24,27-31,35,39-40,42,46,50,52H,12-16H2,1-7H3/t18?,19?,20?,24?,27?,28?,29-,30?,31?,35-,39?,40?,42?,43+/m0/s1. The van der Waals surface area contributed by atoms with Gasteiger partial charge in [-0.2, -0.15) is 0 Å². The van der Waals surface area contributed by atoms with Gasteiger partial charge in [0.25, 0.3) is 0 Å². The second kappa shape index (κ2) is 15.9. The normalized spacial score (nSPS) is 37.4. The number of phenols is 2. The Balaban J connectivity index is 1.08. The molecule has 2 aliphatic carbocycles. The van der Waals surface area contributed by atoms with Crippen LogP contribution in [0.1, 0.15) is 115 Å². The summed E-state index contributed by atoms with van der Waals surface area (Å²) in [4.78, 5) is 68.4. The summed E-state index contributed by atoms with van der Waals surface area (Å²) in [5, 5.41) is 35.0. The number of ether oxygens (including phenoxy) is 8. The van der Waals surface area contributed by atoms with Crippen molar-refractivity contribution in [1.82, 2.24) is 4.90 Å². The summed E-state index contributed by atoms with van der Waals surface area (Å²) in [7, 11) is 4.84. The van der Waals surface area contributed by atoms with Crippen molar-refractivity contribution in [2.45, 2.75) is 145 Å². The van der Waals surface area contributed by atoms with E-state index in [0.29, 0.717) is 6.42 Å². The molecule has 4 aliphatic heterocycles. The Hall–Kier alpha value is -4.17. The molecule has 0 amide bonds. The van der Waals surface area contributed by atoms with Crippen LogP contribution in [0, 0.1) is 0 Å². The molecule has 4 fully saturated rings. The molecule has 8 rings (SSSR count). The van der Waals surface area contributed by atoms with Gasteiger partial charge in [-0.05, 0) is 59.5 Å². The summed E-state index contributed by atoms with van der Waals surface area (Å²) in [5.41, 5.74) is -3.28. The fourth-order valence-electron chi connectivity index (χ4n) is 9.97. The van der Waals surface area contributed by atoms with Crippen molar-refractivity contribution in [3.05, 3.63) is 57.6 Å². The molecular formula is C43H51NO16. The molecule has 2 aromatic carbocycles. The van der Waals surface area contributed by atoms with Crippen LogP contribution in [-0.2, 0) is 52.3 Å². The molecule has 0 aromatic heterocycles. The number of likely N-dealkylation sites (N-methyl/N-ethyl adjacent to an activating group) is 1. The van der Waals surface area contributed by atoms with E-state index in [1.807, 2.05) is 25.9 Å². The minimum Gasteiger partial charge on any atom is -0.507 e. The highest BCUT2D eigenvalue weighted by Crippen LogP contribution is 2.54. The van der Waals surface area contributed by atoms with Crippen LogP contribution in [-0.4, -0.2) is 144 Å². The fourth-order valence-corrected chi connectivity index (χ4v) is 9.97. The Labute approximate surface area is 346 Å². The minimum absolute atomic E-state index is 0.0575. The molecule has 6 aliphatic rings. The van der Waals surface area contributed by atoms with Crippen molar-refractivity contribution in [2.75, 3.05) is 21.2 Å². The number of esters is 1. The lowest BCUT2D eigenvalue weighted by Gasteiger charge is -2.51. The number of fused-ring (bicyclic) bond motifs is 5. The van der Waals surface area contributed by atoms with E-state index in [-0.39, 0.29) is 52.5 Å². The molecule has 4 saturated heterocycles. The number of carbonyl (C=O) groups excluding carboxylic acids is 5. The number of carbonyl (C=O) groups is 5. The van der Waals surface area contributed by atoms with Crippen LogP contribution in [0.2, 0.25) is 0 Å². The van der Waals surface area contributed by atoms with Gasteiger partial charge < -0.3 is 58.1 Å². The number of ketones is 4. The van der Waals surface area contributed by atoms with Gasteiger partial charge in [0.05, 0.1) is 48.3 Å². The molecule has 0 radical (unpaired) electrons. The first-order chi connectivity index (χ1) is 28.4. The lowest BCUT2D eigenvalue weighted by Crippen LogP contribution is -2.62. The van der Waals surface area contributed by atoms with Crippen LogP contribution in [0.4, 0.5) is 0 Å². The number of rotatable bonds is 8. The third kappa shape index (κ3) is 7.26. The van der Waals surface area contributed by atoms with Gasteiger partial charge in [-0.15, -0.1) is 0 Å². The molecule has 11 unspecified atom stereocenters. The molecule has 17 nitrogen and oxygen atoms in total. The van der Waals surface area contributed by atoms with Gasteiger partial charge in [-0.25, -0.2) is 0 Å². The molecule has 60 heavy (non-hydrogen) atoms. The monoisotopic (exact) mass is 837 g/mol. The van der Waals surface area contributed by atoms with Crippen LogP contribution in [0.3, 0.4) is 0 Å². The van der Waals surface area contributed by atoms with Crippen LogP contribution >= 0.6 is 0 Å². The second-order valence-corrected chi connectivity index (χ2v) is 17.1. The quantitative estimate of drug-likeness (QED) is 0.278. The molecule has 17 heteroatoms. The third-order valence-electron chi connectivity index (χ3n) is 12.7. The third-order valence-corrected chi connectivity index (χ3v) is 12.7. The summed E-state index contributed by atoms with van der Waals surface area (Å²) in [6, 6.07) is 4.93. The summed E-state index contributed by atoms with van der Waals surface area (Å²) < 4.78 is 49.5. The number of hydrogen-bond donors (Lipinski definition) is 3. The number of methoxy groups -OCH3 is 1. The van der Waals surface area contributed by atoms with Crippen molar-refractivity contribution < 1.29 is 77.2 Å².